The van der Waals surface area contributed by atoms with E-state index in [1.807, 2.05) is 0 Å². The number of non-ortho nitro benzene ring substituents is 1. The molecule has 1 fully saturated rings. The summed E-state index contributed by atoms with van der Waals surface area (Å²) in [5.74, 6) is -1.11. The molecule has 1 aliphatic rings. The Morgan fingerprint density at radius 3 is 2.44 bits per heavy atom. The van der Waals surface area contributed by atoms with E-state index in [0.29, 0.717) is 6.54 Å². The lowest BCUT2D eigenvalue weighted by Crippen LogP contribution is -2.30. The van der Waals surface area contributed by atoms with E-state index in [-0.39, 0.29) is 23.4 Å². The van der Waals surface area contributed by atoms with Crippen LogP contribution in [0.5, 0.6) is 0 Å². The summed E-state index contributed by atoms with van der Waals surface area (Å²) in [7, 11) is 0. The molecule has 1 aliphatic heterocycles. The molecule has 0 bridgehead atoms. The zero-order chi connectivity index (χ0) is 19.6. The van der Waals surface area contributed by atoms with Crippen molar-refractivity contribution >= 4 is 17.6 Å². The van der Waals surface area contributed by atoms with Crippen LogP contribution in [0.2, 0.25) is 0 Å². The van der Waals surface area contributed by atoms with Gasteiger partial charge in [0.15, 0.2) is 0 Å². The van der Waals surface area contributed by atoms with Crippen molar-refractivity contribution in [1.82, 2.24) is 10.2 Å². The van der Waals surface area contributed by atoms with E-state index in [0.717, 1.165) is 32.1 Å². The number of ether oxygens (including phenoxy) is 1. The van der Waals surface area contributed by atoms with Crippen molar-refractivity contribution in [2.24, 2.45) is 0 Å². The summed E-state index contributed by atoms with van der Waals surface area (Å²) in [5, 5.41) is 13.9. The van der Waals surface area contributed by atoms with Crippen molar-refractivity contribution in [3.05, 3.63) is 39.4 Å². The Labute approximate surface area is 159 Å². The summed E-state index contributed by atoms with van der Waals surface area (Å²) in [6.07, 6.45) is 5.81. The van der Waals surface area contributed by atoms with Crippen molar-refractivity contribution in [2.45, 2.75) is 39.0 Å². The van der Waals surface area contributed by atoms with Crippen molar-refractivity contribution < 1.29 is 19.2 Å². The zero-order valence-electron chi connectivity index (χ0n) is 15.7. The molecule has 27 heavy (non-hydrogen) atoms. The topological polar surface area (TPSA) is 102 Å². The fourth-order valence-electron chi connectivity index (χ4n) is 3.15. The van der Waals surface area contributed by atoms with E-state index in [1.54, 1.807) is 6.92 Å². The van der Waals surface area contributed by atoms with Crippen LogP contribution in [-0.2, 0) is 4.74 Å². The third-order valence-electron chi connectivity index (χ3n) is 4.54. The Kier molecular flexibility index (Phi) is 8.19. The van der Waals surface area contributed by atoms with Gasteiger partial charge in [0, 0.05) is 24.2 Å². The Morgan fingerprint density at radius 2 is 1.81 bits per heavy atom. The first-order valence-corrected chi connectivity index (χ1v) is 9.48. The fourth-order valence-corrected chi connectivity index (χ4v) is 3.15. The minimum Gasteiger partial charge on any atom is -0.462 e. The van der Waals surface area contributed by atoms with Gasteiger partial charge >= 0.3 is 5.97 Å². The second kappa shape index (κ2) is 10.6. The Morgan fingerprint density at radius 1 is 1.15 bits per heavy atom. The molecule has 1 N–H and O–H groups in total. The van der Waals surface area contributed by atoms with Crippen LogP contribution in [-0.4, -0.2) is 54.5 Å². The Hall–Kier alpha value is -2.48. The lowest BCUT2D eigenvalue weighted by molar-refractivity contribution is -0.384. The number of nitro benzene ring substituents is 1. The average Bonchev–Trinajstić information content (AvgIpc) is 2.93. The fraction of sp³-hybridized carbons (Fsp3) is 0.579. The Balaban J connectivity index is 1.93. The quantitative estimate of drug-likeness (QED) is 0.323. The molecule has 148 valence electrons. The summed E-state index contributed by atoms with van der Waals surface area (Å²) in [6.45, 7) is 5.40. The van der Waals surface area contributed by atoms with Gasteiger partial charge in [0.1, 0.15) is 0 Å². The lowest BCUT2D eigenvalue weighted by atomic mass is 10.1. The third-order valence-corrected chi connectivity index (χ3v) is 4.54. The van der Waals surface area contributed by atoms with Crippen molar-refractivity contribution in [3.8, 4) is 0 Å². The predicted octanol–water partition coefficient (Wildman–Crippen LogP) is 2.77. The summed E-state index contributed by atoms with van der Waals surface area (Å²) < 4.78 is 4.87. The van der Waals surface area contributed by atoms with E-state index in [9.17, 15) is 19.7 Å². The summed E-state index contributed by atoms with van der Waals surface area (Å²) in [4.78, 5) is 37.1. The van der Waals surface area contributed by atoms with Crippen LogP contribution in [0.25, 0.3) is 0 Å². The predicted molar refractivity (Wildman–Crippen MR) is 101 cm³/mol. The maximum atomic E-state index is 12.4. The highest BCUT2D eigenvalue weighted by atomic mass is 16.6. The number of benzene rings is 1. The first-order valence-electron chi connectivity index (χ1n) is 9.48. The number of amides is 1. The summed E-state index contributed by atoms with van der Waals surface area (Å²) in [5.41, 5.74) is -0.224. The average molecular weight is 377 g/mol. The monoisotopic (exact) mass is 377 g/mol. The van der Waals surface area contributed by atoms with Crippen LogP contribution in [0.15, 0.2) is 18.2 Å². The number of nitrogens with zero attached hydrogens (tertiary/aromatic N) is 2. The highest BCUT2D eigenvalue weighted by Gasteiger charge is 2.18. The molecule has 0 aliphatic carbocycles. The molecule has 1 amide bonds. The SMILES string of the molecule is CCOC(=O)c1cc(C(=O)NCCCN2CCCCCC2)cc([N+](=O)[O-])c1. The number of carbonyl (C=O) groups excluding carboxylic acids is 2. The molecule has 0 spiro atoms. The third kappa shape index (κ3) is 6.63. The van der Waals surface area contributed by atoms with E-state index in [2.05, 4.69) is 10.2 Å². The molecular formula is C19H27N3O5. The number of nitro groups is 1. The summed E-state index contributed by atoms with van der Waals surface area (Å²) in [6, 6.07) is 3.62. The van der Waals surface area contributed by atoms with E-state index < -0.39 is 16.8 Å². The van der Waals surface area contributed by atoms with Crippen LogP contribution in [0.3, 0.4) is 0 Å². The van der Waals surface area contributed by atoms with Crippen LogP contribution >= 0.6 is 0 Å². The van der Waals surface area contributed by atoms with Gasteiger partial charge in [-0.15, -0.1) is 0 Å². The first kappa shape index (κ1) is 20.8. The second-order valence-electron chi connectivity index (χ2n) is 6.61. The Bertz CT molecular complexity index is 669. The number of carbonyl (C=O) groups is 2. The standard InChI is InChI=1S/C19H27N3O5/c1-2-27-19(24)16-12-15(13-17(14-16)22(25)26)18(23)20-8-7-11-21-9-5-3-4-6-10-21/h12-14H,2-11H2,1H3,(H,20,23). The van der Waals surface area contributed by atoms with Crippen LogP contribution in [0.4, 0.5) is 5.69 Å². The normalized spacial score (nSPS) is 15.0. The molecule has 1 saturated heterocycles. The summed E-state index contributed by atoms with van der Waals surface area (Å²) >= 11 is 0. The molecule has 0 radical (unpaired) electrons. The minimum atomic E-state index is -0.684. The zero-order valence-corrected chi connectivity index (χ0v) is 15.7. The molecule has 0 aromatic heterocycles. The minimum absolute atomic E-state index is 0.000710. The second-order valence-corrected chi connectivity index (χ2v) is 6.61. The molecule has 8 nitrogen and oxygen atoms in total. The largest absolute Gasteiger partial charge is 0.462 e. The smallest absolute Gasteiger partial charge is 0.338 e. The number of hydrogen-bond donors (Lipinski definition) is 1. The molecule has 0 atom stereocenters. The van der Waals surface area contributed by atoms with Crippen LogP contribution < -0.4 is 5.32 Å². The van der Waals surface area contributed by atoms with E-state index in [4.69, 9.17) is 4.74 Å². The van der Waals surface area contributed by atoms with Gasteiger partial charge < -0.3 is 15.0 Å². The molecule has 2 rings (SSSR count). The van der Waals surface area contributed by atoms with Gasteiger partial charge in [-0.25, -0.2) is 4.79 Å². The molecular weight excluding hydrogens is 350 g/mol. The highest BCUT2D eigenvalue weighted by Crippen LogP contribution is 2.18. The maximum absolute atomic E-state index is 12.4. The lowest BCUT2D eigenvalue weighted by Gasteiger charge is -2.19. The molecule has 0 unspecified atom stereocenters. The van der Waals surface area contributed by atoms with Crippen molar-refractivity contribution in [2.75, 3.05) is 32.8 Å². The maximum Gasteiger partial charge on any atom is 0.338 e. The number of nitrogens with one attached hydrogen (secondary N) is 1. The molecule has 1 heterocycles. The molecule has 1 aromatic rings. The van der Waals surface area contributed by atoms with E-state index in [1.165, 1.54) is 37.8 Å². The van der Waals surface area contributed by atoms with E-state index >= 15 is 0 Å². The number of rotatable bonds is 8. The van der Waals surface area contributed by atoms with Gasteiger partial charge in [-0.1, -0.05) is 12.8 Å². The first-order chi connectivity index (χ1) is 13.0. The molecule has 0 saturated carbocycles. The molecule has 8 heteroatoms. The number of hydrogen-bond acceptors (Lipinski definition) is 6. The van der Waals surface area contributed by atoms with Gasteiger partial charge in [0.05, 0.1) is 17.1 Å². The van der Waals surface area contributed by atoms with Gasteiger partial charge in [-0.05, 0) is 51.9 Å². The highest BCUT2D eigenvalue weighted by molar-refractivity contribution is 5.98. The van der Waals surface area contributed by atoms with Crippen LogP contribution in [0.1, 0.15) is 59.7 Å². The van der Waals surface area contributed by atoms with Crippen molar-refractivity contribution in [1.29, 1.82) is 0 Å². The van der Waals surface area contributed by atoms with Gasteiger partial charge in [0.25, 0.3) is 11.6 Å². The van der Waals surface area contributed by atoms with Crippen LogP contribution in [0, 0.1) is 10.1 Å². The number of esters is 1. The van der Waals surface area contributed by atoms with Crippen molar-refractivity contribution in [3.63, 3.8) is 0 Å². The molecule has 1 aromatic carbocycles. The number of likely N-dealkylation sites (tertiary alicyclic amines) is 1. The van der Waals surface area contributed by atoms with Gasteiger partial charge in [-0.2, -0.15) is 0 Å². The van der Waals surface area contributed by atoms with Gasteiger partial charge in [0.2, 0.25) is 0 Å². The van der Waals surface area contributed by atoms with Gasteiger partial charge in [-0.3, -0.25) is 14.9 Å².